The molecule has 2 atom stereocenters. The fourth-order valence-corrected chi connectivity index (χ4v) is 2.86. The van der Waals surface area contributed by atoms with Crippen LogP contribution >= 0.6 is 0 Å². The van der Waals surface area contributed by atoms with Crippen molar-refractivity contribution >= 4 is 23.4 Å². The standard InChI is InChI=1S/C19H30N4O3/c1-7-20-19(26)15(5)21-16(24)10-23(6)11-17(25)22-18-13(3)8-12(2)9-14(18)4/h8-9,15H,7,10-11H2,1-6H3,(H,20,26)(H,21,24)(H,22,25)/p+1/t15-/m0/s1. The molecule has 0 saturated carbocycles. The molecular formula is C19H31N4O3+. The van der Waals surface area contributed by atoms with Crippen LogP contribution in [0.1, 0.15) is 30.5 Å². The molecule has 0 fully saturated rings. The number of anilines is 1. The second-order valence-electron chi connectivity index (χ2n) is 6.82. The fraction of sp³-hybridized carbons (Fsp3) is 0.526. The summed E-state index contributed by atoms with van der Waals surface area (Å²) in [5, 5.41) is 8.22. The molecule has 7 nitrogen and oxygen atoms in total. The summed E-state index contributed by atoms with van der Waals surface area (Å²) in [5.41, 5.74) is 4.00. The van der Waals surface area contributed by atoms with Crippen LogP contribution in [0.4, 0.5) is 5.69 Å². The Bertz CT molecular complexity index is 650. The molecule has 1 aromatic rings. The smallest absolute Gasteiger partial charge is 0.279 e. The first-order valence-electron chi connectivity index (χ1n) is 8.90. The van der Waals surface area contributed by atoms with Gasteiger partial charge in [0.25, 0.3) is 11.8 Å². The van der Waals surface area contributed by atoms with Gasteiger partial charge in [0.2, 0.25) is 5.91 Å². The SMILES string of the molecule is CCNC(=O)[C@H](C)NC(=O)C[NH+](C)CC(=O)Nc1c(C)cc(C)cc1C. The molecule has 0 bridgehead atoms. The monoisotopic (exact) mass is 363 g/mol. The van der Waals surface area contributed by atoms with Gasteiger partial charge in [0.05, 0.1) is 7.05 Å². The van der Waals surface area contributed by atoms with Crippen molar-refractivity contribution in [3.05, 3.63) is 28.8 Å². The minimum absolute atomic E-state index is 0.114. The van der Waals surface area contributed by atoms with E-state index in [1.807, 2.05) is 39.8 Å². The summed E-state index contributed by atoms with van der Waals surface area (Å²) < 4.78 is 0. The third kappa shape index (κ3) is 6.84. The highest BCUT2D eigenvalue weighted by atomic mass is 16.2. The van der Waals surface area contributed by atoms with Crippen LogP contribution in [-0.2, 0) is 14.4 Å². The lowest BCUT2D eigenvalue weighted by atomic mass is 10.1. The van der Waals surface area contributed by atoms with Gasteiger partial charge in [0.15, 0.2) is 13.1 Å². The Morgan fingerprint density at radius 1 is 1.04 bits per heavy atom. The van der Waals surface area contributed by atoms with Crippen molar-refractivity contribution in [3.8, 4) is 0 Å². The van der Waals surface area contributed by atoms with Crippen molar-refractivity contribution in [2.24, 2.45) is 0 Å². The summed E-state index contributed by atoms with van der Waals surface area (Å²) in [6.45, 7) is 10.2. The van der Waals surface area contributed by atoms with Gasteiger partial charge in [-0.2, -0.15) is 0 Å². The third-order valence-electron chi connectivity index (χ3n) is 3.99. The predicted molar refractivity (Wildman–Crippen MR) is 102 cm³/mol. The van der Waals surface area contributed by atoms with E-state index in [9.17, 15) is 14.4 Å². The minimum atomic E-state index is -0.595. The van der Waals surface area contributed by atoms with Crippen LogP contribution < -0.4 is 20.9 Å². The van der Waals surface area contributed by atoms with Crippen molar-refractivity contribution in [2.45, 2.75) is 40.7 Å². The molecule has 144 valence electrons. The van der Waals surface area contributed by atoms with Gasteiger partial charge in [0.1, 0.15) is 6.04 Å². The summed E-state index contributed by atoms with van der Waals surface area (Å²) in [6, 6.07) is 3.45. The second-order valence-corrected chi connectivity index (χ2v) is 6.82. The number of aryl methyl sites for hydroxylation is 3. The number of nitrogens with one attached hydrogen (secondary N) is 4. The Labute approximate surface area is 155 Å². The first kappa shape index (κ1) is 21.6. The summed E-state index contributed by atoms with van der Waals surface area (Å²) in [5.74, 6) is -0.638. The second kappa shape index (κ2) is 9.91. The van der Waals surface area contributed by atoms with Crippen LogP contribution in [-0.4, -0.2) is 50.4 Å². The fourth-order valence-electron chi connectivity index (χ4n) is 2.86. The number of hydrogen-bond donors (Lipinski definition) is 4. The van der Waals surface area contributed by atoms with Gasteiger partial charge < -0.3 is 20.9 Å². The van der Waals surface area contributed by atoms with Crippen molar-refractivity contribution in [3.63, 3.8) is 0 Å². The van der Waals surface area contributed by atoms with Gasteiger partial charge >= 0.3 is 0 Å². The molecule has 0 aromatic heterocycles. The molecule has 1 aromatic carbocycles. The zero-order valence-corrected chi connectivity index (χ0v) is 16.6. The van der Waals surface area contributed by atoms with Gasteiger partial charge in [-0.05, 0) is 45.7 Å². The first-order valence-corrected chi connectivity index (χ1v) is 8.90. The largest absolute Gasteiger partial charge is 0.355 e. The van der Waals surface area contributed by atoms with E-state index in [2.05, 4.69) is 16.0 Å². The maximum Gasteiger partial charge on any atom is 0.279 e. The zero-order chi connectivity index (χ0) is 19.9. The Hall–Kier alpha value is -2.41. The molecule has 4 N–H and O–H groups in total. The number of rotatable bonds is 8. The highest BCUT2D eigenvalue weighted by Crippen LogP contribution is 2.21. The number of likely N-dealkylation sites (N-methyl/N-ethyl adjacent to an activating group) is 2. The van der Waals surface area contributed by atoms with Crippen molar-refractivity contribution in [1.82, 2.24) is 10.6 Å². The molecule has 1 rings (SSSR count). The number of amides is 3. The normalized spacial score (nSPS) is 12.8. The van der Waals surface area contributed by atoms with Crippen molar-refractivity contribution in [2.75, 3.05) is 32.0 Å². The molecule has 0 aliphatic rings. The zero-order valence-electron chi connectivity index (χ0n) is 16.6. The Morgan fingerprint density at radius 2 is 1.58 bits per heavy atom. The predicted octanol–water partition coefficient (Wildman–Crippen LogP) is -0.294. The number of carbonyl (C=O) groups is 3. The van der Waals surface area contributed by atoms with E-state index in [1.165, 1.54) is 0 Å². The maximum atomic E-state index is 12.3. The van der Waals surface area contributed by atoms with Gasteiger partial charge in [-0.25, -0.2) is 0 Å². The highest BCUT2D eigenvalue weighted by Gasteiger charge is 2.19. The van der Waals surface area contributed by atoms with Gasteiger partial charge in [-0.1, -0.05) is 17.7 Å². The Morgan fingerprint density at radius 3 is 2.12 bits per heavy atom. The van der Waals surface area contributed by atoms with E-state index in [-0.39, 0.29) is 30.8 Å². The summed E-state index contributed by atoms with van der Waals surface area (Å²) >= 11 is 0. The number of quaternary nitrogens is 1. The lowest BCUT2D eigenvalue weighted by Gasteiger charge is -2.17. The summed E-state index contributed by atoms with van der Waals surface area (Å²) in [4.78, 5) is 36.7. The molecular weight excluding hydrogens is 332 g/mol. The maximum absolute atomic E-state index is 12.3. The van der Waals surface area contributed by atoms with Crippen molar-refractivity contribution in [1.29, 1.82) is 0 Å². The van der Waals surface area contributed by atoms with E-state index >= 15 is 0 Å². The number of hydrogen-bond acceptors (Lipinski definition) is 3. The topological polar surface area (TPSA) is 91.7 Å². The molecule has 7 heteroatoms. The van der Waals surface area contributed by atoms with Gasteiger partial charge in [-0.3, -0.25) is 14.4 Å². The highest BCUT2D eigenvalue weighted by molar-refractivity contribution is 5.93. The third-order valence-corrected chi connectivity index (χ3v) is 3.99. The summed E-state index contributed by atoms with van der Waals surface area (Å²) in [7, 11) is 1.77. The summed E-state index contributed by atoms with van der Waals surface area (Å²) in [6.07, 6.45) is 0. The van der Waals surface area contributed by atoms with E-state index in [0.717, 1.165) is 27.3 Å². The molecule has 0 heterocycles. The van der Waals surface area contributed by atoms with Crippen LogP contribution in [0.2, 0.25) is 0 Å². The first-order chi connectivity index (χ1) is 12.1. The number of carbonyl (C=O) groups excluding carboxylic acids is 3. The molecule has 0 saturated heterocycles. The molecule has 3 amide bonds. The minimum Gasteiger partial charge on any atom is -0.355 e. The Kier molecular flexibility index (Phi) is 8.25. The average molecular weight is 363 g/mol. The molecule has 0 aliphatic heterocycles. The van der Waals surface area contributed by atoms with Crippen LogP contribution in [0, 0.1) is 20.8 Å². The lowest BCUT2D eigenvalue weighted by Crippen LogP contribution is -3.11. The van der Waals surface area contributed by atoms with E-state index in [1.54, 1.807) is 14.0 Å². The molecule has 1 unspecified atom stereocenters. The van der Waals surface area contributed by atoms with E-state index < -0.39 is 6.04 Å². The van der Waals surface area contributed by atoms with Crippen LogP contribution in [0.5, 0.6) is 0 Å². The molecule has 26 heavy (non-hydrogen) atoms. The quantitative estimate of drug-likeness (QED) is 0.511. The molecule has 0 spiro atoms. The lowest BCUT2D eigenvalue weighted by molar-refractivity contribution is -0.862. The van der Waals surface area contributed by atoms with Crippen LogP contribution in [0.15, 0.2) is 12.1 Å². The van der Waals surface area contributed by atoms with E-state index in [4.69, 9.17) is 0 Å². The van der Waals surface area contributed by atoms with Gasteiger partial charge in [-0.15, -0.1) is 0 Å². The van der Waals surface area contributed by atoms with Crippen LogP contribution in [0.3, 0.4) is 0 Å². The van der Waals surface area contributed by atoms with Crippen LogP contribution in [0.25, 0.3) is 0 Å². The van der Waals surface area contributed by atoms with Crippen molar-refractivity contribution < 1.29 is 19.3 Å². The average Bonchev–Trinajstić information content (AvgIpc) is 2.50. The van der Waals surface area contributed by atoms with E-state index in [0.29, 0.717) is 6.54 Å². The Balaban J connectivity index is 2.52. The molecule has 0 aliphatic carbocycles. The number of benzene rings is 1. The van der Waals surface area contributed by atoms with Gasteiger partial charge in [0, 0.05) is 12.2 Å². The molecule has 0 radical (unpaired) electrons.